The van der Waals surface area contributed by atoms with Crippen molar-refractivity contribution < 1.29 is 9.59 Å². The fraction of sp³-hybridized carbons (Fsp3) is 0.238. The zero-order chi connectivity index (χ0) is 21.0. The van der Waals surface area contributed by atoms with Gasteiger partial charge in [-0.25, -0.2) is 0 Å². The van der Waals surface area contributed by atoms with Gasteiger partial charge in [-0.2, -0.15) is 0 Å². The molecule has 0 saturated carbocycles. The molecule has 0 aliphatic heterocycles. The smallest absolute Gasteiger partial charge is 0.251 e. The van der Waals surface area contributed by atoms with Crippen LogP contribution >= 0.6 is 27.3 Å². The molecule has 1 heterocycles. The first-order valence-electron chi connectivity index (χ1n) is 9.11. The Bertz CT molecular complexity index is 1000. The van der Waals surface area contributed by atoms with Gasteiger partial charge in [0, 0.05) is 15.6 Å². The molecule has 3 aromatic rings. The summed E-state index contributed by atoms with van der Waals surface area (Å²) >= 11 is 4.64. The third-order valence-corrected chi connectivity index (χ3v) is 5.71. The van der Waals surface area contributed by atoms with E-state index in [1.165, 1.54) is 11.3 Å². The summed E-state index contributed by atoms with van der Waals surface area (Å²) in [6, 6.07) is 14.2. The third kappa shape index (κ3) is 5.48. The number of carbonyl (C=O) groups excluding carboxylic acids is 2. The molecular formula is C21H21BrN4O2S. The fourth-order valence-corrected chi connectivity index (χ4v) is 3.65. The Balaban J connectivity index is 1.69. The molecule has 6 nitrogen and oxygen atoms in total. The summed E-state index contributed by atoms with van der Waals surface area (Å²) < 4.78 is 0.882. The van der Waals surface area contributed by atoms with Gasteiger partial charge in [0.15, 0.2) is 0 Å². The Morgan fingerprint density at radius 2 is 1.66 bits per heavy atom. The highest BCUT2D eigenvalue weighted by molar-refractivity contribution is 9.10. The van der Waals surface area contributed by atoms with Crippen molar-refractivity contribution in [2.45, 2.75) is 26.8 Å². The van der Waals surface area contributed by atoms with Crippen molar-refractivity contribution in [2.75, 3.05) is 5.32 Å². The molecule has 0 radical (unpaired) electrons. The van der Waals surface area contributed by atoms with Gasteiger partial charge in [0.25, 0.3) is 5.91 Å². The SMILES string of the molecule is Cc1ccc(-c2nnc(NC(=O)C(NC(=O)c3ccc(Br)cc3)C(C)C)s2)cc1. The van der Waals surface area contributed by atoms with E-state index in [0.717, 1.165) is 20.6 Å². The van der Waals surface area contributed by atoms with E-state index in [1.54, 1.807) is 24.3 Å². The van der Waals surface area contributed by atoms with E-state index in [2.05, 4.69) is 36.8 Å². The molecule has 0 saturated heterocycles. The molecule has 3 rings (SSSR count). The number of hydrogen-bond acceptors (Lipinski definition) is 5. The molecule has 0 aliphatic carbocycles. The van der Waals surface area contributed by atoms with Crippen LogP contribution in [0.15, 0.2) is 53.0 Å². The molecule has 0 spiro atoms. The van der Waals surface area contributed by atoms with Gasteiger partial charge in [-0.05, 0) is 37.1 Å². The van der Waals surface area contributed by atoms with Crippen molar-refractivity contribution in [2.24, 2.45) is 5.92 Å². The topological polar surface area (TPSA) is 84.0 Å². The number of nitrogens with zero attached hydrogens (tertiary/aromatic N) is 2. The summed E-state index contributed by atoms with van der Waals surface area (Å²) in [4.78, 5) is 25.3. The van der Waals surface area contributed by atoms with E-state index in [4.69, 9.17) is 0 Å². The van der Waals surface area contributed by atoms with Gasteiger partial charge in [0.05, 0.1) is 0 Å². The van der Waals surface area contributed by atoms with Gasteiger partial charge in [0.2, 0.25) is 11.0 Å². The second kappa shape index (κ2) is 9.28. The monoisotopic (exact) mass is 472 g/mol. The highest BCUT2D eigenvalue weighted by Gasteiger charge is 2.25. The lowest BCUT2D eigenvalue weighted by Gasteiger charge is -2.21. The highest BCUT2D eigenvalue weighted by atomic mass is 79.9. The molecule has 1 atom stereocenters. The quantitative estimate of drug-likeness (QED) is 0.545. The predicted octanol–water partition coefficient (Wildman–Crippen LogP) is 4.67. The minimum Gasteiger partial charge on any atom is -0.340 e. The summed E-state index contributed by atoms with van der Waals surface area (Å²) in [5, 5.41) is 14.9. The average molecular weight is 473 g/mol. The van der Waals surface area contributed by atoms with Gasteiger partial charge < -0.3 is 5.32 Å². The number of aryl methyl sites for hydroxylation is 1. The summed E-state index contributed by atoms with van der Waals surface area (Å²) in [5.74, 6) is -0.722. The Labute approximate surface area is 181 Å². The Kier molecular flexibility index (Phi) is 6.76. The van der Waals surface area contributed by atoms with Crippen LogP contribution in [0.2, 0.25) is 0 Å². The molecule has 29 heavy (non-hydrogen) atoms. The van der Waals surface area contributed by atoms with E-state index in [-0.39, 0.29) is 17.7 Å². The van der Waals surface area contributed by atoms with Gasteiger partial charge in [0.1, 0.15) is 11.0 Å². The van der Waals surface area contributed by atoms with Crippen molar-refractivity contribution in [3.05, 3.63) is 64.1 Å². The lowest BCUT2D eigenvalue weighted by molar-refractivity contribution is -0.118. The summed E-state index contributed by atoms with van der Waals surface area (Å²) in [5.41, 5.74) is 2.59. The van der Waals surface area contributed by atoms with Gasteiger partial charge in [-0.15, -0.1) is 10.2 Å². The standard InChI is InChI=1S/C21H21BrN4O2S/c1-12(2)17(23-18(27)14-8-10-16(22)11-9-14)19(28)24-21-26-25-20(29-21)15-6-4-13(3)5-7-15/h4-12,17H,1-3H3,(H,23,27)(H,24,26,28). The molecule has 0 fully saturated rings. The van der Waals surface area contributed by atoms with E-state index in [0.29, 0.717) is 10.7 Å². The minimum atomic E-state index is -0.696. The molecule has 0 aliphatic rings. The van der Waals surface area contributed by atoms with Crippen LogP contribution in [0, 0.1) is 12.8 Å². The normalized spacial score (nSPS) is 11.9. The first kappa shape index (κ1) is 21.1. The van der Waals surface area contributed by atoms with Crippen LogP contribution < -0.4 is 10.6 Å². The molecule has 1 aromatic heterocycles. The third-order valence-electron chi connectivity index (χ3n) is 4.30. The van der Waals surface area contributed by atoms with E-state index >= 15 is 0 Å². The van der Waals surface area contributed by atoms with Crippen molar-refractivity contribution in [1.82, 2.24) is 15.5 Å². The molecule has 2 N–H and O–H groups in total. The zero-order valence-corrected chi connectivity index (χ0v) is 18.7. The Hall–Kier alpha value is -2.58. The fourth-order valence-electron chi connectivity index (χ4n) is 2.63. The van der Waals surface area contributed by atoms with E-state index in [1.807, 2.05) is 45.0 Å². The van der Waals surface area contributed by atoms with Crippen LogP contribution in [0.4, 0.5) is 5.13 Å². The number of amides is 2. The van der Waals surface area contributed by atoms with Crippen LogP contribution in [0.25, 0.3) is 10.6 Å². The minimum absolute atomic E-state index is 0.0983. The van der Waals surface area contributed by atoms with Crippen LogP contribution in [0.3, 0.4) is 0 Å². The maximum absolute atomic E-state index is 12.8. The maximum atomic E-state index is 12.8. The van der Waals surface area contributed by atoms with Gasteiger partial charge in [-0.1, -0.05) is 70.9 Å². The summed E-state index contributed by atoms with van der Waals surface area (Å²) in [7, 11) is 0. The van der Waals surface area contributed by atoms with Crippen molar-refractivity contribution >= 4 is 44.2 Å². The predicted molar refractivity (Wildman–Crippen MR) is 119 cm³/mol. The lowest BCUT2D eigenvalue weighted by atomic mass is 10.0. The number of aromatic nitrogens is 2. The Morgan fingerprint density at radius 3 is 2.28 bits per heavy atom. The number of carbonyl (C=O) groups is 2. The number of halogens is 1. The van der Waals surface area contributed by atoms with Gasteiger partial charge >= 0.3 is 0 Å². The van der Waals surface area contributed by atoms with Crippen molar-refractivity contribution in [1.29, 1.82) is 0 Å². The second-order valence-corrected chi connectivity index (χ2v) is 8.86. The molecular weight excluding hydrogens is 452 g/mol. The van der Waals surface area contributed by atoms with E-state index < -0.39 is 6.04 Å². The Morgan fingerprint density at radius 1 is 1.00 bits per heavy atom. The molecule has 8 heteroatoms. The molecule has 0 bridgehead atoms. The van der Waals surface area contributed by atoms with Crippen LogP contribution in [-0.4, -0.2) is 28.1 Å². The number of hydrogen-bond donors (Lipinski definition) is 2. The number of rotatable bonds is 6. The molecule has 1 unspecified atom stereocenters. The van der Waals surface area contributed by atoms with Crippen LogP contribution in [0.5, 0.6) is 0 Å². The van der Waals surface area contributed by atoms with Crippen LogP contribution in [0.1, 0.15) is 29.8 Å². The van der Waals surface area contributed by atoms with Crippen LogP contribution in [-0.2, 0) is 4.79 Å². The van der Waals surface area contributed by atoms with E-state index in [9.17, 15) is 9.59 Å². The molecule has 2 amide bonds. The van der Waals surface area contributed by atoms with Crippen molar-refractivity contribution in [3.8, 4) is 10.6 Å². The number of nitrogens with one attached hydrogen (secondary N) is 2. The first-order valence-corrected chi connectivity index (χ1v) is 10.7. The zero-order valence-electron chi connectivity index (χ0n) is 16.3. The molecule has 150 valence electrons. The first-order chi connectivity index (χ1) is 13.8. The number of anilines is 1. The summed E-state index contributed by atoms with van der Waals surface area (Å²) in [6.45, 7) is 5.78. The summed E-state index contributed by atoms with van der Waals surface area (Å²) in [6.07, 6.45) is 0. The second-order valence-electron chi connectivity index (χ2n) is 6.97. The molecule has 2 aromatic carbocycles. The lowest BCUT2D eigenvalue weighted by Crippen LogP contribution is -2.47. The average Bonchev–Trinajstić information content (AvgIpc) is 3.15. The van der Waals surface area contributed by atoms with Gasteiger partial charge in [-0.3, -0.25) is 14.9 Å². The van der Waals surface area contributed by atoms with Crippen molar-refractivity contribution in [3.63, 3.8) is 0 Å². The largest absolute Gasteiger partial charge is 0.340 e. The highest BCUT2D eigenvalue weighted by Crippen LogP contribution is 2.26. The maximum Gasteiger partial charge on any atom is 0.251 e. The number of benzene rings is 2.